The Labute approximate surface area is 167 Å². The molecular formula is C25H27FN2. The van der Waals surface area contributed by atoms with Crippen LogP contribution in [0.4, 0.5) is 4.39 Å². The zero-order chi connectivity index (χ0) is 19.5. The van der Waals surface area contributed by atoms with Crippen molar-refractivity contribution >= 4 is 0 Å². The summed E-state index contributed by atoms with van der Waals surface area (Å²) in [6.45, 7) is 7.72. The maximum atomic E-state index is 14.3. The molecule has 4 rings (SSSR count). The summed E-state index contributed by atoms with van der Waals surface area (Å²) in [7, 11) is 0. The van der Waals surface area contributed by atoms with E-state index >= 15 is 0 Å². The van der Waals surface area contributed by atoms with E-state index in [1.165, 1.54) is 22.3 Å². The van der Waals surface area contributed by atoms with Gasteiger partial charge in [0.15, 0.2) is 0 Å². The first-order valence-electron chi connectivity index (χ1n) is 9.94. The molecular weight excluding hydrogens is 347 g/mol. The molecule has 0 spiro atoms. The smallest absolute Gasteiger partial charge is 0.127 e. The van der Waals surface area contributed by atoms with Gasteiger partial charge in [-0.1, -0.05) is 72.3 Å². The Morgan fingerprint density at radius 1 is 0.821 bits per heavy atom. The van der Waals surface area contributed by atoms with E-state index in [0.717, 1.165) is 25.2 Å². The van der Waals surface area contributed by atoms with Crippen LogP contribution in [-0.2, 0) is 13.1 Å². The molecule has 1 aliphatic rings. The van der Waals surface area contributed by atoms with E-state index in [9.17, 15) is 4.39 Å². The molecule has 1 heterocycles. The summed E-state index contributed by atoms with van der Waals surface area (Å²) in [5, 5.41) is 0. The summed E-state index contributed by atoms with van der Waals surface area (Å²) in [4.78, 5) is 4.91. The molecule has 1 saturated heterocycles. The maximum absolute atomic E-state index is 14.3. The van der Waals surface area contributed by atoms with Crippen LogP contribution in [0.25, 0.3) is 0 Å². The molecule has 1 fully saturated rings. The highest BCUT2D eigenvalue weighted by Crippen LogP contribution is 2.34. The lowest BCUT2D eigenvalue weighted by Crippen LogP contribution is -2.31. The predicted octanol–water partition coefficient (Wildman–Crippen LogP) is 5.46. The van der Waals surface area contributed by atoms with Crippen molar-refractivity contribution in [1.29, 1.82) is 0 Å². The molecule has 3 aromatic carbocycles. The minimum Gasteiger partial charge on any atom is -0.278 e. The van der Waals surface area contributed by atoms with Crippen molar-refractivity contribution in [2.24, 2.45) is 0 Å². The Morgan fingerprint density at radius 2 is 1.54 bits per heavy atom. The van der Waals surface area contributed by atoms with Gasteiger partial charge in [0.25, 0.3) is 0 Å². The lowest BCUT2D eigenvalue weighted by Gasteiger charge is -2.32. The van der Waals surface area contributed by atoms with Crippen molar-refractivity contribution in [3.05, 3.63) is 106 Å². The fraction of sp³-hybridized carbons (Fsp3) is 0.280. The summed E-state index contributed by atoms with van der Waals surface area (Å²) in [5.41, 5.74) is 5.96. The molecule has 0 N–H and O–H groups in total. The van der Waals surface area contributed by atoms with Crippen LogP contribution in [0.2, 0.25) is 0 Å². The van der Waals surface area contributed by atoms with Crippen LogP contribution in [-0.4, -0.2) is 22.9 Å². The summed E-state index contributed by atoms with van der Waals surface area (Å²) < 4.78 is 14.3. The quantitative estimate of drug-likeness (QED) is 0.585. The van der Waals surface area contributed by atoms with Crippen molar-refractivity contribution in [2.45, 2.75) is 33.1 Å². The van der Waals surface area contributed by atoms with Crippen LogP contribution in [0.15, 0.2) is 72.8 Å². The van der Waals surface area contributed by atoms with Crippen molar-refractivity contribution in [3.8, 4) is 0 Å². The zero-order valence-corrected chi connectivity index (χ0v) is 16.6. The largest absolute Gasteiger partial charge is 0.278 e. The van der Waals surface area contributed by atoms with Crippen LogP contribution in [0.1, 0.15) is 34.0 Å². The molecule has 0 saturated carbocycles. The van der Waals surface area contributed by atoms with E-state index < -0.39 is 0 Å². The fourth-order valence-electron chi connectivity index (χ4n) is 4.22. The first-order chi connectivity index (χ1) is 13.6. The molecule has 2 nitrogen and oxygen atoms in total. The van der Waals surface area contributed by atoms with Gasteiger partial charge >= 0.3 is 0 Å². The van der Waals surface area contributed by atoms with Gasteiger partial charge in [-0.15, -0.1) is 0 Å². The molecule has 0 amide bonds. The Hall–Kier alpha value is -2.49. The molecule has 28 heavy (non-hydrogen) atoms. The van der Waals surface area contributed by atoms with Crippen LogP contribution in [0.5, 0.6) is 0 Å². The summed E-state index contributed by atoms with van der Waals surface area (Å²) in [5.74, 6) is -0.122. The van der Waals surface area contributed by atoms with Crippen molar-refractivity contribution in [3.63, 3.8) is 0 Å². The van der Waals surface area contributed by atoms with Crippen LogP contribution in [0.3, 0.4) is 0 Å². The normalized spacial score (nSPS) is 17.9. The number of nitrogens with zero attached hydrogens (tertiary/aromatic N) is 2. The van der Waals surface area contributed by atoms with E-state index in [1.807, 2.05) is 12.1 Å². The first-order valence-corrected chi connectivity index (χ1v) is 9.94. The molecule has 1 aliphatic heterocycles. The van der Waals surface area contributed by atoms with E-state index in [1.54, 1.807) is 12.1 Å². The highest BCUT2D eigenvalue weighted by atomic mass is 19.1. The first kappa shape index (κ1) is 18.9. The van der Waals surface area contributed by atoms with E-state index in [-0.39, 0.29) is 12.0 Å². The molecule has 0 aromatic heterocycles. The molecule has 144 valence electrons. The molecule has 1 unspecified atom stereocenters. The Bertz CT molecular complexity index is 953. The fourth-order valence-corrected chi connectivity index (χ4v) is 4.22. The highest BCUT2D eigenvalue weighted by molar-refractivity contribution is 5.30. The second-order valence-corrected chi connectivity index (χ2v) is 7.75. The molecule has 0 radical (unpaired) electrons. The van der Waals surface area contributed by atoms with Crippen molar-refractivity contribution in [1.82, 2.24) is 9.80 Å². The number of benzene rings is 3. The van der Waals surface area contributed by atoms with E-state index in [0.29, 0.717) is 6.54 Å². The Kier molecular flexibility index (Phi) is 5.56. The van der Waals surface area contributed by atoms with Gasteiger partial charge in [-0.3, -0.25) is 9.80 Å². The predicted molar refractivity (Wildman–Crippen MR) is 112 cm³/mol. The van der Waals surface area contributed by atoms with Gasteiger partial charge < -0.3 is 0 Å². The lowest BCUT2D eigenvalue weighted by molar-refractivity contribution is 0.124. The lowest BCUT2D eigenvalue weighted by atomic mass is 10.0. The maximum Gasteiger partial charge on any atom is 0.127 e. The number of hydrogen-bond acceptors (Lipinski definition) is 2. The average molecular weight is 375 g/mol. The Balaban J connectivity index is 1.65. The molecule has 3 aromatic rings. The van der Waals surface area contributed by atoms with E-state index in [2.05, 4.69) is 72.2 Å². The summed E-state index contributed by atoms with van der Waals surface area (Å²) in [6, 6.07) is 24.4. The van der Waals surface area contributed by atoms with Crippen molar-refractivity contribution in [2.75, 3.05) is 13.1 Å². The third kappa shape index (κ3) is 4.01. The minimum absolute atomic E-state index is 0.122. The number of hydrogen-bond donors (Lipinski definition) is 0. The SMILES string of the molecule is Cc1cccc(CN2CCN(Cc3ccccc3F)C2c2ccccc2C)c1. The van der Waals surface area contributed by atoms with Gasteiger partial charge in [0.2, 0.25) is 0 Å². The van der Waals surface area contributed by atoms with Crippen molar-refractivity contribution < 1.29 is 4.39 Å². The molecule has 0 bridgehead atoms. The Morgan fingerprint density at radius 3 is 2.29 bits per heavy atom. The van der Waals surface area contributed by atoms with Gasteiger partial charge in [-0.05, 0) is 36.6 Å². The highest BCUT2D eigenvalue weighted by Gasteiger charge is 2.34. The number of aryl methyl sites for hydroxylation is 2. The van der Waals surface area contributed by atoms with Gasteiger partial charge in [0, 0.05) is 31.7 Å². The topological polar surface area (TPSA) is 6.48 Å². The molecule has 3 heteroatoms. The minimum atomic E-state index is -0.122. The van der Waals surface area contributed by atoms with Crippen LogP contribution >= 0.6 is 0 Å². The summed E-state index contributed by atoms with van der Waals surface area (Å²) >= 11 is 0. The monoisotopic (exact) mass is 374 g/mol. The van der Waals surface area contributed by atoms with Gasteiger partial charge in [-0.25, -0.2) is 4.39 Å². The van der Waals surface area contributed by atoms with Gasteiger partial charge in [0.05, 0.1) is 6.17 Å². The molecule has 0 aliphatic carbocycles. The molecule has 1 atom stereocenters. The van der Waals surface area contributed by atoms with Crippen LogP contribution < -0.4 is 0 Å². The van der Waals surface area contributed by atoms with E-state index in [4.69, 9.17) is 0 Å². The number of halogens is 1. The third-order valence-corrected chi connectivity index (χ3v) is 5.63. The second-order valence-electron chi connectivity index (χ2n) is 7.75. The standard InChI is InChI=1S/C25H27FN2/c1-19-8-7-10-21(16-19)17-27-14-15-28(18-22-11-4-6-13-24(22)26)25(27)23-12-5-3-9-20(23)2/h3-13,16,25H,14-15,17-18H2,1-2H3. The van der Waals surface area contributed by atoms with Crippen LogP contribution in [0, 0.1) is 19.7 Å². The second kappa shape index (κ2) is 8.26. The van der Waals surface area contributed by atoms with Gasteiger partial charge in [0.1, 0.15) is 5.82 Å². The number of rotatable bonds is 5. The third-order valence-electron chi connectivity index (χ3n) is 5.63. The summed E-state index contributed by atoms with van der Waals surface area (Å²) in [6.07, 6.45) is 0.154. The van der Waals surface area contributed by atoms with Gasteiger partial charge in [-0.2, -0.15) is 0 Å². The average Bonchev–Trinajstić information content (AvgIpc) is 3.06. The zero-order valence-electron chi connectivity index (χ0n) is 16.6.